The van der Waals surface area contributed by atoms with Crippen molar-refractivity contribution < 1.29 is 9.90 Å². The molecule has 0 aromatic heterocycles. The lowest BCUT2D eigenvalue weighted by atomic mass is 10.0. The van der Waals surface area contributed by atoms with Gasteiger partial charge in [0.05, 0.1) is 5.56 Å². The summed E-state index contributed by atoms with van der Waals surface area (Å²) in [5.74, 6) is -0.969. The number of benzene rings is 1. The van der Waals surface area contributed by atoms with Gasteiger partial charge in [-0.25, -0.2) is 4.79 Å². The van der Waals surface area contributed by atoms with Crippen molar-refractivity contribution >= 4 is 11.7 Å². The minimum Gasteiger partial charge on any atom is -0.478 e. The average Bonchev–Trinajstić information content (AvgIpc) is 2.26. The first-order chi connectivity index (χ1) is 7.66. The van der Waals surface area contributed by atoms with Crippen molar-refractivity contribution in [3.8, 4) is 0 Å². The predicted octanol–water partition coefficient (Wildman–Crippen LogP) is 2.87. The van der Waals surface area contributed by atoms with E-state index in [0.29, 0.717) is 5.69 Å². The van der Waals surface area contributed by atoms with Gasteiger partial charge in [0.2, 0.25) is 0 Å². The first-order valence-electron chi connectivity index (χ1n) is 5.42. The SMILES string of the molecule is CCC=CCCc1cccc(C(=O)O)c1N. The van der Waals surface area contributed by atoms with Crippen LogP contribution < -0.4 is 5.73 Å². The van der Waals surface area contributed by atoms with E-state index in [4.69, 9.17) is 10.8 Å². The van der Waals surface area contributed by atoms with Gasteiger partial charge in [-0.3, -0.25) is 0 Å². The fourth-order valence-corrected chi connectivity index (χ4v) is 1.54. The number of para-hydroxylation sites is 1. The monoisotopic (exact) mass is 219 g/mol. The number of nitrogen functional groups attached to an aromatic ring is 1. The molecule has 0 fully saturated rings. The molecule has 0 saturated carbocycles. The second-order valence-electron chi connectivity index (χ2n) is 3.60. The molecule has 1 rings (SSSR count). The zero-order valence-corrected chi connectivity index (χ0v) is 9.44. The molecule has 0 saturated heterocycles. The molecule has 0 radical (unpaired) electrons. The van der Waals surface area contributed by atoms with Crippen LogP contribution in [0, 0.1) is 0 Å². The Bertz CT molecular complexity index is 397. The molecule has 0 unspecified atom stereocenters. The number of rotatable bonds is 5. The lowest BCUT2D eigenvalue weighted by Crippen LogP contribution is -2.05. The molecule has 1 aromatic carbocycles. The number of anilines is 1. The summed E-state index contributed by atoms with van der Waals surface area (Å²) in [4.78, 5) is 10.9. The zero-order chi connectivity index (χ0) is 12.0. The number of carboxylic acids is 1. The predicted molar refractivity (Wildman–Crippen MR) is 65.6 cm³/mol. The van der Waals surface area contributed by atoms with Crippen LogP contribution in [-0.2, 0) is 6.42 Å². The Hall–Kier alpha value is -1.77. The third-order valence-electron chi connectivity index (χ3n) is 2.41. The fourth-order valence-electron chi connectivity index (χ4n) is 1.54. The summed E-state index contributed by atoms with van der Waals surface area (Å²) in [6.07, 6.45) is 6.87. The third kappa shape index (κ3) is 3.12. The van der Waals surface area contributed by atoms with Crippen LogP contribution in [0.3, 0.4) is 0 Å². The van der Waals surface area contributed by atoms with Crippen molar-refractivity contribution in [1.82, 2.24) is 0 Å². The molecule has 0 bridgehead atoms. The van der Waals surface area contributed by atoms with Gasteiger partial charge in [-0.1, -0.05) is 31.2 Å². The second kappa shape index (κ2) is 5.95. The van der Waals surface area contributed by atoms with Crippen molar-refractivity contribution in [2.24, 2.45) is 0 Å². The van der Waals surface area contributed by atoms with Gasteiger partial charge in [0, 0.05) is 5.69 Å². The first kappa shape index (κ1) is 12.3. The summed E-state index contributed by atoms with van der Waals surface area (Å²) in [7, 11) is 0. The summed E-state index contributed by atoms with van der Waals surface area (Å²) in [5.41, 5.74) is 7.28. The topological polar surface area (TPSA) is 63.3 Å². The molecule has 3 N–H and O–H groups in total. The molecule has 0 aliphatic carbocycles. The van der Waals surface area contributed by atoms with E-state index < -0.39 is 5.97 Å². The molecule has 16 heavy (non-hydrogen) atoms. The Labute approximate surface area is 95.6 Å². The van der Waals surface area contributed by atoms with Crippen molar-refractivity contribution in [2.45, 2.75) is 26.2 Å². The third-order valence-corrected chi connectivity index (χ3v) is 2.41. The van der Waals surface area contributed by atoms with Crippen molar-refractivity contribution in [1.29, 1.82) is 0 Å². The Morgan fingerprint density at radius 3 is 2.81 bits per heavy atom. The van der Waals surface area contributed by atoms with Crippen LogP contribution in [0.15, 0.2) is 30.4 Å². The molecule has 0 amide bonds. The second-order valence-corrected chi connectivity index (χ2v) is 3.60. The van der Waals surface area contributed by atoms with Crippen LogP contribution in [-0.4, -0.2) is 11.1 Å². The Morgan fingerprint density at radius 1 is 1.44 bits per heavy atom. The number of allylic oxidation sites excluding steroid dienone is 2. The fraction of sp³-hybridized carbons (Fsp3) is 0.308. The molecular formula is C13H17NO2. The number of carbonyl (C=O) groups is 1. The summed E-state index contributed by atoms with van der Waals surface area (Å²) in [6.45, 7) is 2.08. The van der Waals surface area contributed by atoms with Crippen LogP contribution in [0.2, 0.25) is 0 Å². The Balaban J connectivity index is 2.77. The summed E-state index contributed by atoms with van der Waals surface area (Å²) < 4.78 is 0. The molecule has 0 aliphatic rings. The number of aryl methyl sites for hydroxylation is 1. The molecule has 0 atom stereocenters. The van der Waals surface area contributed by atoms with E-state index in [9.17, 15) is 4.79 Å². The smallest absolute Gasteiger partial charge is 0.337 e. The summed E-state index contributed by atoms with van der Waals surface area (Å²) >= 11 is 0. The number of aromatic carboxylic acids is 1. The average molecular weight is 219 g/mol. The zero-order valence-electron chi connectivity index (χ0n) is 9.44. The van der Waals surface area contributed by atoms with Crippen LogP contribution in [0.1, 0.15) is 35.7 Å². The van der Waals surface area contributed by atoms with Gasteiger partial charge in [-0.15, -0.1) is 0 Å². The normalized spacial score (nSPS) is 10.8. The van der Waals surface area contributed by atoms with Gasteiger partial charge >= 0.3 is 5.97 Å². The number of carboxylic acid groups (broad SMARTS) is 1. The van der Waals surface area contributed by atoms with E-state index in [2.05, 4.69) is 19.1 Å². The van der Waals surface area contributed by atoms with Crippen LogP contribution >= 0.6 is 0 Å². The van der Waals surface area contributed by atoms with Gasteiger partial charge in [0.25, 0.3) is 0 Å². The summed E-state index contributed by atoms with van der Waals surface area (Å²) in [6, 6.07) is 5.14. The maximum atomic E-state index is 10.9. The molecule has 0 heterocycles. The van der Waals surface area contributed by atoms with Gasteiger partial charge in [-0.05, 0) is 30.9 Å². The molecule has 86 valence electrons. The van der Waals surface area contributed by atoms with E-state index in [1.54, 1.807) is 6.07 Å². The lowest BCUT2D eigenvalue weighted by Gasteiger charge is -2.06. The van der Waals surface area contributed by atoms with Gasteiger partial charge < -0.3 is 10.8 Å². The van der Waals surface area contributed by atoms with Crippen LogP contribution in [0.4, 0.5) is 5.69 Å². The molecule has 3 heteroatoms. The van der Waals surface area contributed by atoms with E-state index in [1.165, 1.54) is 6.07 Å². The van der Waals surface area contributed by atoms with Crippen molar-refractivity contribution in [2.75, 3.05) is 5.73 Å². The van der Waals surface area contributed by atoms with Crippen LogP contribution in [0.25, 0.3) is 0 Å². The quantitative estimate of drug-likeness (QED) is 0.591. The minimum atomic E-state index is -0.969. The molecule has 0 spiro atoms. The summed E-state index contributed by atoms with van der Waals surface area (Å²) in [5, 5.41) is 8.91. The highest BCUT2D eigenvalue weighted by atomic mass is 16.4. The minimum absolute atomic E-state index is 0.192. The van der Waals surface area contributed by atoms with E-state index in [1.807, 2.05) is 6.07 Å². The van der Waals surface area contributed by atoms with E-state index >= 15 is 0 Å². The highest BCUT2D eigenvalue weighted by Gasteiger charge is 2.09. The van der Waals surface area contributed by atoms with Crippen LogP contribution in [0.5, 0.6) is 0 Å². The molecular weight excluding hydrogens is 202 g/mol. The number of nitrogens with two attached hydrogens (primary N) is 1. The van der Waals surface area contributed by atoms with Crippen molar-refractivity contribution in [3.63, 3.8) is 0 Å². The highest BCUT2D eigenvalue weighted by Crippen LogP contribution is 2.19. The first-order valence-corrected chi connectivity index (χ1v) is 5.42. The Kier molecular flexibility index (Phi) is 4.58. The maximum absolute atomic E-state index is 10.9. The number of hydrogen-bond acceptors (Lipinski definition) is 2. The van der Waals surface area contributed by atoms with E-state index in [0.717, 1.165) is 24.8 Å². The molecule has 3 nitrogen and oxygen atoms in total. The van der Waals surface area contributed by atoms with Gasteiger partial charge in [0.1, 0.15) is 0 Å². The standard InChI is InChI=1S/C13H17NO2/c1-2-3-4-5-7-10-8-6-9-11(12(10)14)13(15)16/h3-4,6,8-9H,2,5,7,14H2,1H3,(H,15,16). The van der Waals surface area contributed by atoms with E-state index in [-0.39, 0.29) is 5.56 Å². The van der Waals surface area contributed by atoms with Crippen molar-refractivity contribution in [3.05, 3.63) is 41.5 Å². The Morgan fingerprint density at radius 2 is 2.19 bits per heavy atom. The number of hydrogen-bond donors (Lipinski definition) is 2. The molecule has 0 aliphatic heterocycles. The van der Waals surface area contributed by atoms with Gasteiger partial charge in [0.15, 0.2) is 0 Å². The highest BCUT2D eigenvalue weighted by molar-refractivity contribution is 5.94. The van der Waals surface area contributed by atoms with Gasteiger partial charge in [-0.2, -0.15) is 0 Å². The lowest BCUT2D eigenvalue weighted by molar-refractivity contribution is 0.0698. The maximum Gasteiger partial charge on any atom is 0.337 e. The molecule has 1 aromatic rings. The largest absolute Gasteiger partial charge is 0.478 e.